The van der Waals surface area contributed by atoms with Crippen molar-refractivity contribution in [2.75, 3.05) is 39.6 Å². The van der Waals surface area contributed by atoms with Crippen LogP contribution < -0.4 is 25.3 Å². The number of aryl methyl sites for hydroxylation is 1. The zero-order chi connectivity index (χ0) is 29.0. The van der Waals surface area contributed by atoms with Crippen LogP contribution in [-0.4, -0.2) is 51.0 Å². The predicted octanol–water partition coefficient (Wildman–Crippen LogP) is 6.09. The van der Waals surface area contributed by atoms with Gasteiger partial charge < -0.3 is 30.2 Å². The minimum absolute atomic E-state index is 0.214. The van der Waals surface area contributed by atoms with Crippen molar-refractivity contribution in [3.63, 3.8) is 0 Å². The van der Waals surface area contributed by atoms with Gasteiger partial charge in [-0.1, -0.05) is 23.7 Å². The van der Waals surface area contributed by atoms with E-state index in [9.17, 15) is 18.0 Å². The quantitative estimate of drug-likeness (QED) is 0.317. The number of hydrogen-bond donors (Lipinski definition) is 2. The molecular weight excluding hydrogens is 547 g/mol. The van der Waals surface area contributed by atoms with Gasteiger partial charge in [0.1, 0.15) is 12.3 Å². The molecule has 1 aliphatic rings. The summed E-state index contributed by atoms with van der Waals surface area (Å²) in [6, 6.07) is 13.0. The minimum Gasteiger partial charge on any atom is -0.495 e. The lowest BCUT2D eigenvalue weighted by Gasteiger charge is -2.39. The van der Waals surface area contributed by atoms with Crippen molar-refractivity contribution < 1.29 is 32.2 Å². The van der Waals surface area contributed by atoms with E-state index >= 15 is 0 Å². The molecule has 0 aromatic heterocycles. The molecule has 4 rings (SSSR count). The van der Waals surface area contributed by atoms with Gasteiger partial charge >= 0.3 is 12.2 Å². The summed E-state index contributed by atoms with van der Waals surface area (Å²) in [5.74, 6) is 1.57. The third-order valence-corrected chi connectivity index (χ3v) is 7.06. The van der Waals surface area contributed by atoms with Gasteiger partial charge in [-0.25, -0.2) is 4.79 Å². The Morgan fingerprint density at radius 3 is 2.45 bits per heavy atom. The molecule has 40 heavy (non-hydrogen) atoms. The molecule has 11 heteroatoms. The lowest BCUT2D eigenvalue weighted by Crippen LogP contribution is -2.48. The van der Waals surface area contributed by atoms with Crippen LogP contribution in [0.1, 0.15) is 33.9 Å². The summed E-state index contributed by atoms with van der Waals surface area (Å²) >= 11 is 6.18. The highest BCUT2D eigenvalue weighted by molar-refractivity contribution is 6.30. The summed E-state index contributed by atoms with van der Waals surface area (Å²) in [6.45, 7) is 0.949. The van der Waals surface area contributed by atoms with Crippen LogP contribution in [0.4, 0.5) is 23.7 Å². The molecule has 3 N–H and O–H groups in total. The molecule has 0 aliphatic carbocycles. The van der Waals surface area contributed by atoms with Crippen LogP contribution in [0.5, 0.6) is 17.2 Å². The van der Waals surface area contributed by atoms with E-state index in [0.717, 1.165) is 27.8 Å². The maximum absolute atomic E-state index is 13.0. The van der Waals surface area contributed by atoms with Gasteiger partial charge in [0, 0.05) is 18.0 Å². The van der Waals surface area contributed by atoms with Gasteiger partial charge in [0.2, 0.25) is 0 Å². The smallest absolute Gasteiger partial charge is 0.405 e. The first-order chi connectivity index (χ1) is 19.0. The molecule has 0 radical (unpaired) electrons. The number of nitrogens with one attached hydrogen (secondary N) is 1. The van der Waals surface area contributed by atoms with Crippen molar-refractivity contribution in [3.8, 4) is 17.2 Å². The molecule has 1 heterocycles. The second-order valence-corrected chi connectivity index (χ2v) is 9.93. The molecule has 3 aromatic carbocycles. The highest BCUT2D eigenvalue weighted by Crippen LogP contribution is 2.42. The maximum atomic E-state index is 13.0. The number of hydrogen-bond acceptors (Lipinski definition) is 5. The average Bonchev–Trinajstić information content (AvgIpc) is 2.90. The fourth-order valence-electron chi connectivity index (χ4n) is 4.89. The van der Waals surface area contributed by atoms with E-state index in [1.807, 2.05) is 30.4 Å². The molecule has 7 nitrogen and oxygen atoms in total. The predicted molar refractivity (Wildman–Crippen MR) is 147 cm³/mol. The van der Waals surface area contributed by atoms with Gasteiger partial charge in [0.05, 0.1) is 32.6 Å². The number of urea groups is 1. The van der Waals surface area contributed by atoms with Crippen LogP contribution in [0.25, 0.3) is 0 Å². The van der Waals surface area contributed by atoms with Crippen LogP contribution in [-0.2, 0) is 12.8 Å². The van der Waals surface area contributed by atoms with E-state index in [2.05, 4.69) is 0 Å². The third kappa shape index (κ3) is 6.67. The first-order valence-corrected chi connectivity index (χ1v) is 13.0. The van der Waals surface area contributed by atoms with Crippen LogP contribution in [0.15, 0.2) is 48.5 Å². The van der Waals surface area contributed by atoms with E-state index < -0.39 is 24.8 Å². The van der Waals surface area contributed by atoms with E-state index in [0.29, 0.717) is 47.4 Å². The maximum Gasteiger partial charge on any atom is 0.405 e. The number of alkyl halides is 3. The highest BCUT2D eigenvalue weighted by atomic mass is 35.5. The molecule has 1 atom stereocenters. The Bertz CT molecular complexity index is 1380. The first kappa shape index (κ1) is 29.2. The number of anilines is 1. The summed E-state index contributed by atoms with van der Waals surface area (Å²) in [7, 11) is 3.09. The molecule has 3 aromatic rings. The molecular formula is C29H31ClF3N3O4. The Kier molecular flexibility index (Phi) is 8.88. The van der Waals surface area contributed by atoms with E-state index in [-0.39, 0.29) is 6.54 Å². The summed E-state index contributed by atoms with van der Waals surface area (Å²) in [4.78, 5) is 14.5. The summed E-state index contributed by atoms with van der Waals surface area (Å²) in [6.07, 6.45) is -3.54. The summed E-state index contributed by atoms with van der Waals surface area (Å²) < 4.78 is 55.6. The average molecular weight is 578 g/mol. The van der Waals surface area contributed by atoms with Crippen LogP contribution in [0, 0.1) is 6.92 Å². The molecule has 1 aliphatic heterocycles. The van der Waals surface area contributed by atoms with Crippen molar-refractivity contribution in [2.24, 2.45) is 0 Å². The number of amides is 2. The van der Waals surface area contributed by atoms with Crippen molar-refractivity contribution in [2.45, 2.75) is 32.0 Å². The zero-order valence-electron chi connectivity index (χ0n) is 22.4. The number of nitrogens with two attached hydrogens (primary N) is 1. The lowest BCUT2D eigenvalue weighted by molar-refractivity contribution is -0.123. The number of fused-ring (bicyclic) bond motifs is 1. The molecule has 0 spiro atoms. The number of nitrogen functional groups attached to an aromatic ring is 1. The Hall–Kier alpha value is -3.79. The summed E-state index contributed by atoms with van der Waals surface area (Å²) in [5, 5.41) is 2.53. The van der Waals surface area contributed by atoms with Gasteiger partial charge in [-0.3, -0.25) is 0 Å². The van der Waals surface area contributed by atoms with E-state index in [1.165, 1.54) is 4.90 Å². The zero-order valence-corrected chi connectivity index (χ0v) is 23.2. The first-order valence-electron chi connectivity index (χ1n) is 12.6. The van der Waals surface area contributed by atoms with E-state index in [1.54, 1.807) is 44.6 Å². The Balaban J connectivity index is 1.66. The lowest BCUT2D eigenvalue weighted by atomic mass is 9.86. The molecule has 2 amide bonds. The molecule has 0 fully saturated rings. The third-order valence-electron chi connectivity index (χ3n) is 6.82. The standard InChI is InChI=1S/C29H31ClF3N3O4/c1-17-12-20(30)5-6-21(17)27-22-15-26(40-11-9-18-4-7-24(38-2)23(34)13-18)25(39-3)14-19(22)8-10-36(27)28(37)35-16-29(31,32)33/h4-7,12-15,27H,8-11,16,34H2,1-3H3,(H,35,37). The Morgan fingerprint density at radius 1 is 1.05 bits per heavy atom. The van der Waals surface area contributed by atoms with Crippen molar-refractivity contribution in [1.82, 2.24) is 10.2 Å². The molecule has 214 valence electrons. The van der Waals surface area contributed by atoms with Crippen LogP contribution in [0.2, 0.25) is 5.02 Å². The van der Waals surface area contributed by atoms with Gasteiger partial charge in [-0.05, 0) is 77.6 Å². The Morgan fingerprint density at radius 2 is 1.80 bits per heavy atom. The van der Waals surface area contributed by atoms with Gasteiger partial charge in [-0.15, -0.1) is 0 Å². The van der Waals surface area contributed by atoms with Crippen LogP contribution in [0.3, 0.4) is 0 Å². The molecule has 0 saturated carbocycles. The minimum atomic E-state index is -4.53. The van der Waals surface area contributed by atoms with Crippen molar-refractivity contribution in [1.29, 1.82) is 0 Å². The fourth-order valence-corrected chi connectivity index (χ4v) is 5.12. The van der Waals surface area contributed by atoms with Crippen molar-refractivity contribution in [3.05, 3.63) is 81.4 Å². The number of ether oxygens (including phenoxy) is 3. The number of methoxy groups -OCH3 is 2. The van der Waals surface area contributed by atoms with Crippen molar-refractivity contribution >= 4 is 23.3 Å². The number of nitrogens with zero attached hydrogens (tertiary/aromatic N) is 1. The van der Waals surface area contributed by atoms with E-state index in [4.69, 9.17) is 31.5 Å². The number of carbonyl (C=O) groups is 1. The highest BCUT2D eigenvalue weighted by Gasteiger charge is 2.36. The summed E-state index contributed by atoms with van der Waals surface area (Å²) in [5.41, 5.74) is 10.7. The van der Waals surface area contributed by atoms with Gasteiger partial charge in [0.15, 0.2) is 11.5 Å². The number of benzene rings is 3. The number of rotatable bonds is 8. The normalized spacial score (nSPS) is 14.9. The molecule has 1 unspecified atom stereocenters. The van der Waals surface area contributed by atoms with Gasteiger partial charge in [-0.2, -0.15) is 13.2 Å². The monoisotopic (exact) mass is 577 g/mol. The number of halogens is 4. The fraction of sp³-hybridized carbons (Fsp3) is 0.345. The largest absolute Gasteiger partial charge is 0.495 e. The second-order valence-electron chi connectivity index (χ2n) is 9.50. The number of carbonyl (C=O) groups excluding carboxylic acids is 1. The SMILES string of the molecule is COc1ccc(CCOc2cc3c(cc2OC)CCN(C(=O)NCC(F)(F)F)C3c2ccc(Cl)cc2C)cc1N. The van der Waals surface area contributed by atoms with Gasteiger partial charge in [0.25, 0.3) is 0 Å². The second kappa shape index (κ2) is 12.2. The van der Waals surface area contributed by atoms with Crippen LogP contribution >= 0.6 is 11.6 Å². The molecule has 0 saturated heterocycles. The topological polar surface area (TPSA) is 86.0 Å². The Labute approximate surface area is 236 Å². The molecule has 0 bridgehead atoms.